The molecule has 0 aliphatic carbocycles. The van der Waals surface area contributed by atoms with Gasteiger partial charge in [0.2, 0.25) is 0 Å². The van der Waals surface area contributed by atoms with Crippen LogP contribution in [0, 0.1) is 58.2 Å². The summed E-state index contributed by atoms with van der Waals surface area (Å²) >= 11 is 0. The molecule has 0 nitrogen and oxygen atoms in total. The van der Waals surface area contributed by atoms with Crippen LogP contribution in [0.2, 0.25) is 0 Å². The monoisotopic (exact) mass is 510 g/mol. The van der Waals surface area contributed by atoms with Crippen molar-refractivity contribution < 1.29 is 43.9 Å². The van der Waals surface area contributed by atoms with E-state index in [9.17, 15) is 26.3 Å². The zero-order valence-corrected chi connectivity index (χ0v) is 17.4. The standard InChI is InChI=1S/C26H8F10/c27-10-6-7-11(12(28)8-10)14-17-15(19(29)23(33)25(35)21(17)31)13(9-4-2-1-3-5-9)16-18(14)22(32)26(36)24(34)20(16)30/h1-8H. The molecular weight excluding hydrogens is 502 g/mol. The van der Waals surface area contributed by atoms with Gasteiger partial charge in [0.25, 0.3) is 0 Å². The fourth-order valence-electron chi connectivity index (χ4n) is 4.31. The first kappa shape index (κ1) is 23.7. The lowest BCUT2D eigenvalue weighted by Crippen LogP contribution is -2.07. The highest BCUT2D eigenvalue weighted by molar-refractivity contribution is 6.22. The van der Waals surface area contributed by atoms with Crippen LogP contribution in [0.25, 0.3) is 43.8 Å². The zero-order chi connectivity index (χ0) is 26.0. The van der Waals surface area contributed by atoms with Crippen molar-refractivity contribution in [1.29, 1.82) is 0 Å². The average molecular weight is 510 g/mol. The number of hydrogen-bond acceptors (Lipinski definition) is 0. The maximum absolute atomic E-state index is 15.3. The van der Waals surface area contributed by atoms with Crippen LogP contribution >= 0.6 is 0 Å². The van der Waals surface area contributed by atoms with E-state index < -0.39 is 96.4 Å². The second-order valence-corrected chi connectivity index (χ2v) is 7.75. The van der Waals surface area contributed by atoms with Gasteiger partial charge in [0.1, 0.15) is 11.6 Å². The highest BCUT2D eigenvalue weighted by Crippen LogP contribution is 2.49. The summed E-state index contributed by atoms with van der Waals surface area (Å²) in [4.78, 5) is 0. The number of benzene rings is 5. The van der Waals surface area contributed by atoms with Crippen LogP contribution in [-0.2, 0) is 0 Å². The van der Waals surface area contributed by atoms with Crippen molar-refractivity contribution in [2.24, 2.45) is 0 Å². The third kappa shape index (κ3) is 3.16. The summed E-state index contributed by atoms with van der Waals surface area (Å²) in [6, 6.07) is 7.80. The molecular formula is C26H8F10. The van der Waals surface area contributed by atoms with Crippen molar-refractivity contribution >= 4 is 21.5 Å². The second-order valence-electron chi connectivity index (χ2n) is 7.75. The lowest BCUT2D eigenvalue weighted by atomic mass is 9.84. The summed E-state index contributed by atoms with van der Waals surface area (Å²) in [5.41, 5.74) is -3.22. The van der Waals surface area contributed by atoms with Gasteiger partial charge < -0.3 is 0 Å². The first-order valence-electron chi connectivity index (χ1n) is 10.0. The topological polar surface area (TPSA) is 0 Å². The van der Waals surface area contributed by atoms with E-state index in [-0.39, 0.29) is 11.6 Å². The molecule has 0 bridgehead atoms. The Bertz CT molecular complexity index is 1650. The van der Waals surface area contributed by atoms with Crippen molar-refractivity contribution in [3.63, 3.8) is 0 Å². The molecule has 10 heteroatoms. The van der Waals surface area contributed by atoms with Crippen molar-refractivity contribution in [3.8, 4) is 22.3 Å². The Morgan fingerprint density at radius 2 is 0.806 bits per heavy atom. The van der Waals surface area contributed by atoms with Gasteiger partial charge in [-0.25, -0.2) is 43.9 Å². The maximum atomic E-state index is 15.3. The zero-order valence-electron chi connectivity index (χ0n) is 17.4. The molecule has 5 aromatic carbocycles. The van der Waals surface area contributed by atoms with E-state index >= 15 is 17.6 Å². The van der Waals surface area contributed by atoms with Crippen molar-refractivity contribution in [1.82, 2.24) is 0 Å². The van der Waals surface area contributed by atoms with E-state index in [0.717, 1.165) is 12.1 Å². The molecule has 0 spiro atoms. The number of hydrogen-bond donors (Lipinski definition) is 0. The van der Waals surface area contributed by atoms with E-state index in [1.165, 1.54) is 18.2 Å². The molecule has 0 radical (unpaired) electrons. The quantitative estimate of drug-likeness (QED) is 0.0965. The predicted octanol–water partition coefficient (Wildman–Crippen LogP) is 8.72. The van der Waals surface area contributed by atoms with Gasteiger partial charge in [-0.15, -0.1) is 0 Å². The minimum Gasteiger partial charge on any atom is -0.207 e. The smallest absolute Gasteiger partial charge is 0.198 e. The summed E-state index contributed by atoms with van der Waals surface area (Å²) in [6.07, 6.45) is 0. The average Bonchev–Trinajstić information content (AvgIpc) is 2.87. The Morgan fingerprint density at radius 3 is 1.22 bits per heavy atom. The van der Waals surface area contributed by atoms with Gasteiger partial charge in [-0.1, -0.05) is 30.3 Å². The Balaban J connectivity index is 2.26. The maximum Gasteiger partial charge on any atom is 0.198 e. The summed E-state index contributed by atoms with van der Waals surface area (Å²) in [5.74, 6) is -20.6. The van der Waals surface area contributed by atoms with E-state index in [4.69, 9.17) is 0 Å². The fraction of sp³-hybridized carbons (Fsp3) is 0. The van der Waals surface area contributed by atoms with Crippen LogP contribution in [0.1, 0.15) is 0 Å². The molecule has 0 amide bonds. The minimum atomic E-state index is -2.38. The van der Waals surface area contributed by atoms with Crippen LogP contribution in [0.3, 0.4) is 0 Å². The number of fused-ring (bicyclic) bond motifs is 2. The van der Waals surface area contributed by atoms with Crippen LogP contribution in [0.5, 0.6) is 0 Å². The molecule has 0 N–H and O–H groups in total. The van der Waals surface area contributed by atoms with Gasteiger partial charge in [-0.3, -0.25) is 0 Å². The van der Waals surface area contributed by atoms with E-state index in [2.05, 4.69) is 0 Å². The Kier molecular flexibility index (Phi) is 5.42. The predicted molar refractivity (Wildman–Crippen MR) is 112 cm³/mol. The molecule has 0 atom stereocenters. The van der Waals surface area contributed by atoms with E-state index in [1.54, 1.807) is 0 Å². The second kappa shape index (κ2) is 8.25. The molecule has 36 heavy (non-hydrogen) atoms. The van der Waals surface area contributed by atoms with Crippen molar-refractivity contribution in [2.75, 3.05) is 0 Å². The largest absolute Gasteiger partial charge is 0.207 e. The molecule has 0 saturated carbocycles. The Morgan fingerprint density at radius 1 is 0.389 bits per heavy atom. The summed E-state index contributed by atoms with van der Waals surface area (Å²) < 4.78 is 147. The third-order valence-electron chi connectivity index (χ3n) is 5.80. The van der Waals surface area contributed by atoms with Gasteiger partial charge in [0.05, 0.1) is 0 Å². The molecule has 0 aliphatic heterocycles. The summed E-state index contributed by atoms with van der Waals surface area (Å²) in [6.45, 7) is 0. The molecule has 0 heterocycles. The molecule has 0 fully saturated rings. The van der Waals surface area contributed by atoms with Gasteiger partial charge in [-0.2, -0.15) is 0 Å². The van der Waals surface area contributed by atoms with Crippen LogP contribution in [0.4, 0.5) is 43.9 Å². The molecule has 0 aliphatic rings. The molecule has 5 rings (SSSR count). The first-order valence-corrected chi connectivity index (χ1v) is 10.0. The normalized spacial score (nSPS) is 11.6. The molecule has 182 valence electrons. The van der Waals surface area contributed by atoms with Gasteiger partial charge in [-0.05, 0) is 17.7 Å². The Hall–Kier alpha value is -4.08. The third-order valence-corrected chi connectivity index (χ3v) is 5.80. The number of rotatable bonds is 2. The van der Waals surface area contributed by atoms with Crippen LogP contribution in [0.15, 0.2) is 48.5 Å². The lowest BCUT2D eigenvalue weighted by molar-refractivity contribution is 0.416. The minimum absolute atomic E-state index is 0.236. The van der Waals surface area contributed by atoms with Crippen LogP contribution < -0.4 is 0 Å². The van der Waals surface area contributed by atoms with Crippen molar-refractivity contribution in [3.05, 3.63) is 107 Å². The van der Waals surface area contributed by atoms with E-state index in [1.807, 2.05) is 0 Å². The highest BCUT2D eigenvalue weighted by Gasteiger charge is 2.34. The summed E-state index contributed by atoms with van der Waals surface area (Å²) in [7, 11) is 0. The number of halogens is 10. The Labute approximate surface area is 195 Å². The summed E-state index contributed by atoms with van der Waals surface area (Å²) in [5, 5.41) is -5.00. The van der Waals surface area contributed by atoms with Crippen molar-refractivity contribution in [2.45, 2.75) is 0 Å². The van der Waals surface area contributed by atoms with Gasteiger partial charge in [0, 0.05) is 44.3 Å². The highest BCUT2D eigenvalue weighted by atomic mass is 19.2. The fourth-order valence-corrected chi connectivity index (χ4v) is 4.31. The molecule has 0 aromatic heterocycles. The molecule has 0 unspecified atom stereocenters. The molecule has 0 saturated heterocycles. The SMILES string of the molecule is Fc1ccc(-c2c3c(F)c(F)c(F)c(F)c3c(-c3ccccc3)c3c(F)c(F)c(F)c(F)c23)c(F)c1. The van der Waals surface area contributed by atoms with Gasteiger partial charge >= 0.3 is 0 Å². The van der Waals surface area contributed by atoms with E-state index in [0.29, 0.717) is 12.1 Å². The molecule has 5 aromatic rings. The van der Waals surface area contributed by atoms with Gasteiger partial charge in [0.15, 0.2) is 46.5 Å². The lowest BCUT2D eigenvalue weighted by Gasteiger charge is -2.20. The first-order chi connectivity index (χ1) is 17.1. The van der Waals surface area contributed by atoms with Crippen LogP contribution in [-0.4, -0.2) is 0 Å².